The lowest BCUT2D eigenvalue weighted by Gasteiger charge is -2.65. The Morgan fingerprint density at radius 1 is 0.709 bits per heavy atom. The van der Waals surface area contributed by atoms with E-state index < -0.39 is 96.8 Å². The second-order valence-electron chi connectivity index (χ2n) is 21.1. The Morgan fingerprint density at radius 2 is 1.40 bits per heavy atom. The zero-order chi connectivity index (χ0) is 40.1. The quantitative estimate of drug-likeness (QED) is 0.162. The first-order valence-electron chi connectivity index (χ1n) is 20.9. The predicted octanol–water partition coefficient (Wildman–Crippen LogP) is 0.724. The first-order valence-corrected chi connectivity index (χ1v) is 20.9. The molecule has 9 N–H and O–H groups in total. The fourth-order valence-electron chi connectivity index (χ4n) is 14.9. The van der Waals surface area contributed by atoms with Crippen LogP contribution in [0, 0.1) is 44.8 Å². The summed E-state index contributed by atoms with van der Waals surface area (Å²) in [6.45, 7) is 13.8. The molecule has 5 saturated carbocycles. The molecule has 3 aliphatic heterocycles. The molecule has 2 spiro atoms. The van der Waals surface area contributed by atoms with Crippen LogP contribution in [0.5, 0.6) is 0 Å². The van der Waals surface area contributed by atoms with E-state index in [1.54, 1.807) is 13.8 Å². The summed E-state index contributed by atoms with van der Waals surface area (Å²) in [5, 5.41) is 97.2. The number of hydrogen-bond donors (Lipinski definition) is 9. The van der Waals surface area contributed by atoms with Crippen molar-refractivity contribution < 1.29 is 69.6 Å². The Morgan fingerprint density at radius 3 is 2.05 bits per heavy atom. The number of rotatable bonds is 7. The molecule has 55 heavy (non-hydrogen) atoms. The van der Waals surface area contributed by atoms with Crippen LogP contribution >= 0.6 is 0 Å². The van der Waals surface area contributed by atoms with Gasteiger partial charge in [-0.05, 0) is 117 Å². The molecule has 0 radical (unpaired) electrons. The van der Waals surface area contributed by atoms with E-state index in [-0.39, 0.29) is 52.1 Å². The molecule has 8 rings (SSSR count). The second-order valence-corrected chi connectivity index (χ2v) is 21.1. The van der Waals surface area contributed by atoms with Gasteiger partial charge in [-0.25, -0.2) is 0 Å². The Labute approximate surface area is 324 Å². The Hall–Kier alpha value is -0.560. The molecule has 316 valence electrons. The number of aliphatic hydroxyl groups excluding tert-OH is 8. The molecule has 0 unspecified atom stereocenters. The lowest BCUT2D eigenvalue weighted by Crippen LogP contribution is -2.65. The highest BCUT2D eigenvalue weighted by atomic mass is 16.7. The van der Waals surface area contributed by atoms with Crippen LogP contribution in [-0.4, -0.2) is 150 Å². The first-order chi connectivity index (χ1) is 25.5. The van der Waals surface area contributed by atoms with E-state index >= 15 is 0 Å². The highest BCUT2D eigenvalue weighted by Gasteiger charge is 2.85. The molecule has 8 aliphatic rings. The predicted molar refractivity (Wildman–Crippen MR) is 194 cm³/mol. The smallest absolute Gasteiger partial charge is 0.186 e. The van der Waals surface area contributed by atoms with Crippen LogP contribution in [0.3, 0.4) is 0 Å². The van der Waals surface area contributed by atoms with Gasteiger partial charge in [-0.1, -0.05) is 27.7 Å². The van der Waals surface area contributed by atoms with E-state index in [1.165, 1.54) is 0 Å². The largest absolute Gasteiger partial charge is 0.394 e. The molecule has 0 aromatic heterocycles. The molecule has 5 aliphatic carbocycles. The van der Waals surface area contributed by atoms with E-state index in [9.17, 15) is 46.0 Å². The van der Waals surface area contributed by atoms with Gasteiger partial charge in [0.15, 0.2) is 12.6 Å². The highest BCUT2D eigenvalue weighted by Crippen LogP contribution is 2.89. The maximum Gasteiger partial charge on any atom is 0.186 e. The van der Waals surface area contributed by atoms with Crippen molar-refractivity contribution in [2.24, 2.45) is 44.8 Å². The van der Waals surface area contributed by atoms with E-state index in [2.05, 4.69) is 34.6 Å². The summed E-state index contributed by atoms with van der Waals surface area (Å²) in [6, 6.07) is 0. The summed E-state index contributed by atoms with van der Waals surface area (Å²) in [6.07, 6.45) is -7.48. The van der Waals surface area contributed by atoms with Gasteiger partial charge < -0.3 is 69.6 Å². The molecular formula is C41H68O14. The zero-order valence-corrected chi connectivity index (χ0v) is 33.6. The molecule has 3 saturated heterocycles. The standard InChI is InChI=1S/C41H68O14/c1-35(2)24(54-33-29(48)26(45)20(44)17-51-33)9-11-41-18-40(41)13-12-37(5)31(39(7)10-8-25(55-39)36(3,4)50)19(43)15-38(37,6)23(40)14-21(32(35)41)52-34-30(49)28(47)27(46)22(16-42)53-34/h19-34,42-50H,8-18H2,1-7H3/t19-,20+,21+,22+,23-,24-,25+,26+,27+,28-,29+,30+,31+,32-,33+,34+,37+,38+,39-,40-,41+/m1/s1. The minimum absolute atomic E-state index is 0.0633. The topological polar surface area (TPSA) is 228 Å². The molecule has 0 aromatic carbocycles. The molecule has 14 heteroatoms. The molecule has 8 fully saturated rings. The van der Waals surface area contributed by atoms with Crippen molar-refractivity contribution in [1.82, 2.24) is 0 Å². The molecule has 0 aromatic rings. The fraction of sp³-hybridized carbons (Fsp3) is 1.00. The van der Waals surface area contributed by atoms with E-state index in [1.807, 2.05) is 0 Å². The van der Waals surface area contributed by atoms with Crippen LogP contribution in [0.1, 0.15) is 106 Å². The monoisotopic (exact) mass is 784 g/mol. The van der Waals surface area contributed by atoms with Crippen LogP contribution in [0.15, 0.2) is 0 Å². The highest BCUT2D eigenvalue weighted by molar-refractivity contribution is 5.33. The van der Waals surface area contributed by atoms with E-state index in [0.29, 0.717) is 25.7 Å². The Bertz CT molecular complexity index is 1460. The van der Waals surface area contributed by atoms with Gasteiger partial charge in [-0.2, -0.15) is 0 Å². The van der Waals surface area contributed by atoms with Crippen molar-refractivity contribution in [2.45, 2.75) is 197 Å². The minimum Gasteiger partial charge on any atom is -0.394 e. The van der Waals surface area contributed by atoms with Crippen LogP contribution in [0.2, 0.25) is 0 Å². The number of hydrogen-bond acceptors (Lipinski definition) is 14. The lowest BCUT2D eigenvalue weighted by atomic mass is 9.41. The number of ether oxygens (including phenoxy) is 5. The van der Waals surface area contributed by atoms with Crippen molar-refractivity contribution in [3.8, 4) is 0 Å². The normalized spacial score (nSPS) is 58.7. The van der Waals surface area contributed by atoms with Crippen molar-refractivity contribution >= 4 is 0 Å². The van der Waals surface area contributed by atoms with Crippen molar-refractivity contribution in [3.05, 3.63) is 0 Å². The van der Waals surface area contributed by atoms with Crippen molar-refractivity contribution in [2.75, 3.05) is 13.2 Å². The van der Waals surface area contributed by atoms with Gasteiger partial charge >= 0.3 is 0 Å². The van der Waals surface area contributed by atoms with Crippen molar-refractivity contribution in [1.29, 1.82) is 0 Å². The van der Waals surface area contributed by atoms with Crippen LogP contribution < -0.4 is 0 Å². The molecule has 0 bridgehead atoms. The second kappa shape index (κ2) is 13.2. The van der Waals surface area contributed by atoms with Crippen LogP contribution in [0.4, 0.5) is 0 Å². The maximum atomic E-state index is 12.2. The minimum atomic E-state index is -1.60. The van der Waals surface area contributed by atoms with Crippen LogP contribution in [0.25, 0.3) is 0 Å². The lowest BCUT2D eigenvalue weighted by molar-refractivity contribution is -0.339. The number of aliphatic hydroxyl groups is 9. The summed E-state index contributed by atoms with van der Waals surface area (Å²) < 4.78 is 31.9. The molecule has 0 amide bonds. The average Bonchev–Trinajstić information content (AvgIpc) is 3.47. The van der Waals surface area contributed by atoms with Gasteiger partial charge in [0.1, 0.15) is 42.7 Å². The summed E-state index contributed by atoms with van der Waals surface area (Å²) >= 11 is 0. The summed E-state index contributed by atoms with van der Waals surface area (Å²) in [5.41, 5.74) is -3.16. The number of fused-ring (bicyclic) bond motifs is 2. The summed E-state index contributed by atoms with van der Waals surface area (Å²) in [5.74, 6) is -0.215. The third kappa shape index (κ3) is 5.70. The Balaban J connectivity index is 1.15. The maximum absolute atomic E-state index is 12.2. The molecular weight excluding hydrogens is 716 g/mol. The van der Waals surface area contributed by atoms with Crippen LogP contribution in [-0.2, 0) is 23.7 Å². The van der Waals surface area contributed by atoms with Gasteiger partial charge in [0.2, 0.25) is 0 Å². The van der Waals surface area contributed by atoms with Gasteiger partial charge in [-0.3, -0.25) is 0 Å². The SMILES string of the molecule is CC(C)(O)[C@@H]1CC[C@](C)([C@H]2[C@H](O)C[C@@]3(C)[C@H]4C[C@H](O[C@H]5O[C@@H](CO)[C@H](O)[C@@H](O)[C@@H]5O)[C@@H]5C(C)(C)[C@H](O[C@@H]6OC[C@H](O)[C@H](O)[C@@H]6O)CC[C@]56C[C@]46CC[C@@]23C)O1. The van der Waals surface area contributed by atoms with Crippen molar-refractivity contribution in [3.63, 3.8) is 0 Å². The van der Waals surface area contributed by atoms with Gasteiger partial charge in [0.05, 0.1) is 48.8 Å². The molecule has 21 atom stereocenters. The zero-order valence-electron chi connectivity index (χ0n) is 33.6. The van der Waals surface area contributed by atoms with E-state index in [4.69, 9.17) is 23.7 Å². The fourth-order valence-corrected chi connectivity index (χ4v) is 14.9. The van der Waals surface area contributed by atoms with E-state index in [0.717, 1.165) is 32.1 Å². The average molecular weight is 785 g/mol. The molecule has 14 nitrogen and oxygen atoms in total. The Kier molecular flexibility index (Phi) is 9.90. The third-order valence-corrected chi connectivity index (χ3v) is 17.6. The summed E-state index contributed by atoms with van der Waals surface area (Å²) in [7, 11) is 0. The van der Waals surface area contributed by atoms with Gasteiger partial charge in [0, 0.05) is 5.92 Å². The van der Waals surface area contributed by atoms with Gasteiger partial charge in [-0.15, -0.1) is 0 Å². The molecule has 3 heterocycles. The summed E-state index contributed by atoms with van der Waals surface area (Å²) in [4.78, 5) is 0. The third-order valence-electron chi connectivity index (χ3n) is 17.6. The first kappa shape index (κ1) is 41.2. The van der Waals surface area contributed by atoms with Gasteiger partial charge in [0.25, 0.3) is 0 Å².